The van der Waals surface area contributed by atoms with Crippen LogP contribution in [0.15, 0.2) is 18.2 Å². The lowest BCUT2D eigenvalue weighted by Gasteiger charge is -2.07. The third-order valence-corrected chi connectivity index (χ3v) is 3.93. The topological polar surface area (TPSA) is 112 Å². The fourth-order valence-electron chi connectivity index (χ4n) is 2.68. The second-order valence-electron chi connectivity index (χ2n) is 5.76. The third kappa shape index (κ3) is 3.90. The fourth-order valence-corrected chi connectivity index (χ4v) is 2.68. The summed E-state index contributed by atoms with van der Waals surface area (Å²) in [5, 5.41) is 10.8. The van der Waals surface area contributed by atoms with Crippen LogP contribution in [0.4, 0.5) is 5.69 Å². The van der Waals surface area contributed by atoms with E-state index in [4.69, 9.17) is 9.47 Å². The molecule has 1 aromatic heterocycles. The number of nitrogens with one attached hydrogen (secondary N) is 1. The second kappa shape index (κ2) is 7.81. The van der Waals surface area contributed by atoms with Crippen molar-refractivity contribution in [1.29, 1.82) is 0 Å². The van der Waals surface area contributed by atoms with Gasteiger partial charge in [0.25, 0.3) is 5.69 Å². The lowest BCUT2D eigenvalue weighted by molar-refractivity contribution is -0.385. The maximum Gasteiger partial charge on any atom is 0.340 e. The number of esters is 1. The van der Waals surface area contributed by atoms with E-state index in [1.807, 2.05) is 0 Å². The average Bonchev–Trinajstić information content (AvgIpc) is 2.87. The van der Waals surface area contributed by atoms with Gasteiger partial charge < -0.3 is 14.5 Å². The summed E-state index contributed by atoms with van der Waals surface area (Å²) in [4.78, 5) is 37.7. The van der Waals surface area contributed by atoms with Gasteiger partial charge in [-0.25, -0.2) is 4.79 Å². The largest absolute Gasteiger partial charge is 0.485 e. The summed E-state index contributed by atoms with van der Waals surface area (Å²) in [7, 11) is 0. The van der Waals surface area contributed by atoms with E-state index in [1.165, 1.54) is 18.2 Å². The summed E-state index contributed by atoms with van der Waals surface area (Å²) in [6.45, 7) is 6.64. The molecule has 0 fully saturated rings. The SMILES string of the molecule is CCOC(=O)c1c(C)[nH]c(C(=O)COc2ccc([N+](=O)[O-])c(C)c2)c1C. The van der Waals surface area contributed by atoms with Crippen molar-refractivity contribution in [1.82, 2.24) is 4.98 Å². The van der Waals surface area contributed by atoms with Crippen LogP contribution in [0.1, 0.15) is 44.6 Å². The highest BCUT2D eigenvalue weighted by molar-refractivity contribution is 6.02. The molecule has 0 aliphatic rings. The summed E-state index contributed by atoms with van der Waals surface area (Å²) >= 11 is 0. The summed E-state index contributed by atoms with van der Waals surface area (Å²) in [5.74, 6) is -0.463. The minimum absolute atomic E-state index is 0.0152. The minimum atomic E-state index is -0.482. The first-order chi connectivity index (χ1) is 12.3. The number of hydrogen-bond acceptors (Lipinski definition) is 6. The molecule has 1 N–H and O–H groups in total. The van der Waals surface area contributed by atoms with Crippen LogP contribution in [-0.2, 0) is 4.74 Å². The number of carbonyl (C=O) groups excluding carboxylic acids is 2. The normalized spacial score (nSPS) is 10.5. The van der Waals surface area contributed by atoms with E-state index >= 15 is 0 Å². The van der Waals surface area contributed by atoms with Gasteiger partial charge in [-0.05, 0) is 45.4 Å². The number of carbonyl (C=O) groups is 2. The Bertz CT molecular complexity index is 869. The number of H-pyrrole nitrogens is 1. The van der Waals surface area contributed by atoms with Crippen LogP contribution < -0.4 is 4.74 Å². The molecule has 138 valence electrons. The van der Waals surface area contributed by atoms with Gasteiger partial charge in [0.15, 0.2) is 6.61 Å². The molecule has 1 aromatic carbocycles. The Labute approximate surface area is 150 Å². The van der Waals surface area contributed by atoms with E-state index in [0.29, 0.717) is 28.1 Å². The molecule has 8 nitrogen and oxygen atoms in total. The number of rotatable bonds is 7. The molecule has 0 bridgehead atoms. The first kappa shape index (κ1) is 19.2. The molecule has 26 heavy (non-hydrogen) atoms. The van der Waals surface area contributed by atoms with Crippen LogP contribution in [0, 0.1) is 30.9 Å². The lowest BCUT2D eigenvalue weighted by atomic mass is 10.1. The first-order valence-electron chi connectivity index (χ1n) is 8.03. The zero-order chi connectivity index (χ0) is 19.4. The zero-order valence-electron chi connectivity index (χ0n) is 15.0. The van der Waals surface area contributed by atoms with E-state index in [9.17, 15) is 19.7 Å². The molecule has 0 unspecified atom stereocenters. The number of nitro benzene ring substituents is 1. The van der Waals surface area contributed by atoms with E-state index in [-0.39, 0.29) is 30.4 Å². The molecule has 0 saturated heterocycles. The Morgan fingerprint density at radius 1 is 1.23 bits per heavy atom. The van der Waals surface area contributed by atoms with Gasteiger partial charge in [0.05, 0.1) is 22.8 Å². The van der Waals surface area contributed by atoms with Crippen LogP contribution in [-0.4, -0.2) is 34.9 Å². The molecule has 0 aliphatic heterocycles. The van der Waals surface area contributed by atoms with Crippen LogP contribution >= 0.6 is 0 Å². The smallest absolute Gasteiger partial charge is 0.340 e. The van der Waals surface area contributed by atoms with Crippen molar-refractivity contribution in [3.05, 3.63) is 56.4 Å². The molecule has 8 heteroatoms. The van der Waals surface area contributed by atoms with Crippen molar-refractivity contribution in [2.45, 2.75) is 27.7 Å². The Balaban J connectivity index is 2.14. The maximum absolute atomic E-state index is 12.4. The molecule has 0 amide bonds. The standard InChI is InChI=1S/C18H20N2O6/c1-5-25-18(22)16-11(3)17(19-12(16)4)15(21)9-26-13-6-7-14(20(23)24)10(2)8-13/h6-8,19H,5,9H2,1-4H3. The highest BCUT2D eigenvalue weighted by Gasteiger charge is 2.23. The first-order valence-corrected chi connectivity index (χ1v) is 8.03. The van der Waals surface area contributed by atoms with Gasteiger partial charge in [0, 0.05) is 17.3 Å². The summed E-state index contributed by atoms with van der Waals surface area (Å²) < 4.78 is 10.4. The number of benzene rings is 1. The van der Waals surface area contributed by atoms with Crippen molar-refractivity contribution in [2.24, 2.45) is 0 Å². The monoisotopic (exact) mass is 360 g/mol. The van der Waals surface area contributed by atoms with Crippen LogP contribution in [0.3, 0.4) is 0 Å². The molecule has 0 spiro atoms. The Hall–Kier alpha value is -3.16. The molecular formula is C18H20N2O6. The van der Waals surface area contributed by atoms with E-state index < -0.39 is 10.9 Å². The van der Waals surface area contributed by atoms with E-state index in [1.54, 1.807) is 27.7 Å². The predicted molar refractivity (Wildman–Crippen MR) is 93.9 cm³/mol. The fraction of sp³-hybridized carbons (Fsp3) is 0.333. The molecule has 1 heterocycles. The van der Waals surface area contributed by atoms with Crippen molar-refractivity contribution < 1.29 is 24.0 Å². The molecule has 0 saturated carbocycles. The Morgan fingerprint density at radius 2 is 1.92 bits per heavy atom. The second-order valence-corrected chi connectivity index (χ2v) is 5.76. The Kier molecular flexibility index (Phi) is 5.76. The van der Waals surface area contributed by atoms with E-state index in [0.717, 1.165) is 0 Å². The molecule has 2 rings (SSSR count). The average molecular weight is 360 g/mol. The summed E-state index contributed by atoms with van der Waals surface area (Å²) in [6.07, 6.45) is 0. The highest BCUT2D eigenvalue weighted by Crippen LogP contribution is 2.24. The quantitative estimate of drug-likeness (QED) is 0.351. The van der Waals surface area contributed by atoms with Crippen molar-refractivity contribution >= 4 is 17.4 Å². The minimum Gasteiger partial charge on any atom is -0.485 e. The van der Waals surface area contributed by atoms with Gasteiger partial charge in [-0.15, -0.1) is 0 Å². The zero-order valence-corrected chi connectivity index (χ0v) is 15.0. The number of aryl methyl sites for hydroxylation is 2. The van der Waals surface area contributed by atoms with Gasteiger partial charge in [-0.1, -0.05) is 0 Å². The number of hydrogen-bond donors (Lipinski definition) is 1. The van der Waals surface area contributed by atoms with Crippen molar-refractivity contribution in [3.63, 3.8) is 0 Å². The van der Waals surface area contributed by atoms with Gasteiger partial charge in [-0.3, -0.25) is 14.9 Å². The number of ether oxygens (including phenoxy) is 2. The molecule has 0 radical (unpaired) electrons. The molecular weight excluding hydrogens is 340 g/mol. The third-order valence-electron chi connectivity index (χ3n) is 3.93. The molecule has 0 atom stereocenters. The predicted octanol–water partition coefficient (Wildman–Crippen LogP) is 3.29. The number of Topliss-reactive ketones (excluding diaryl/α,β-unsaturated/α-hetero) is 1. The summed E-state index contributed by atoms with van der Waals surface area (Å²) in [6, 6.07) is 4.27. The number of ketones is 1. The van der Waals surface area contributed by atoms with Gasteiger partial charge in [-0.2, -0.15) is 0 Å². The van der Waals surface area contributed by atoms with Crippen LogP contribution in [0.25, 0.3) is 0 Å². The lowest BCUT2D eigenvalue weighted by Crippen LogP contribution is -2.14. The maximum atomic E-state index is 12.4. The van der Waals surface area contributed by atoms with Crippen molar-refractivity contribution in [3.8, 4) is 5.75 Å². The van der Waals surface area contributed by atoms with Gasteiger partial charge >= 0.3 is 5.97 Å². The van der Waals surface area contributed by atoms with Gasteiger partial charge in [0.2, 0.25) is 5.78 Å². The Morgan fingerprint density at radius 3 is 2.50 bits per heavy atom. The highest BCUT2D eigenvalue weighted by atomic mass is 16.6. The number of nitro groups is 1. The number of aromatic amines is 1. The van der Waals surface area contributed by atoms with Crippen LogP contribution in [0.2, 0.25) is 0 Å². The van der Waals surface area contributed by atoms with Crippen LogP contribution in [0.5, 0.6) is 5.75 Å². The van der Waals surface area contributed by atoms with E-state index in [2.05, 4.69) is 4.98 Å². The van der Waals surface area contributed by atoms with Gasteiger partial charge in [0.1, 0.15) is 5.75 Å². The molecule has 2 aromatic rings. The van der Waals surface area contributed by atoms with Crippen molar-refractivity contribution in [2.75, 3.05) is 13.2 Å². The molecule has 0 aliphatic carbocycles. The summed E-state index contributed by atoms with van der Waals surface area (Å²) in [5.41, 5.74) is 2.12. The number of nitrogens with zero attached hydrogens (tertiary/aromatic N) is 1. The number of aromatic nitrogens is 1.